The highest BCUT2D eigenvalue weighted by atomic mass is 16.5. The summed E-state index contributed by atoms with van der Waals surface area (Å²) in [6.07, 6.45) is 0. The molecule has 5 heteroatoms. The molecule has 0 aliphatic carbocycles. The van der Waals surface area contributed by atoms with E-state index in [4.69, 9.17) is 15.1 Å². The van der Waals surface area contributed by atoms with Crippen LogP contribution in [-0.2, 0) is 0 Å². The summed E-state index contributed by atoms with van der Waals surface area (Å²) in [6, 6.07) is 6.46. The number of hydrogen-bond donors (Lipinski definition) is 2. The largest absolute Gasteiger partial charge is 0.504 e. The molecule has 1 unspecified atom stereocenters. The molecule has 0 saturated carbocycles. The third kappa shape index (κ3) is 3.09. The first-order chi connectivity index (χ1) is 8.13. The van der Waals surface area contributed by atoms with Crippen LogP contribution >= 0.6 is 0 Å². The third-order valence-electron chi connectivity index (χ3n) is 2.54. The predicted molar refractivity (Wildman–Crippen MR) is 62.7 cm³/mol. The van der Waals surface area contributed by atoms with Gasteiger partial charge < -0.3 is 14.9 Å². The van der Waals surface area contributed by atoms with Crippen molar-refractivity contribution < 1.29 is 14.9 Å². The first-order valence-electron chi connectivity index (χ1n) is 5.21. The number of hydrogen-bond acceptors (Lipinski definition) is 5. The number of benzene rings is 1. The average molecular weight is 236 g/mol. The molecule has 92 valence electrons. The van der Waals surface area contributed by atoms with Gasteiger partial charge in [0, 0.05) is 6.54 Å². The quantitative estimate of drug-likeness (QED) is 0.794. The summed E-state index contributed by atoms with van der Waals surface area (Å²) in [5.74, 6) is 0.373. The van der Waals surface area contributed by atoms with Crippen molar-refractivity contribution >= 4 is 0 Å². The van der Waals surface area contributed by atoms with Crippen LogP contribution in [0.25, 0.3) is 0 Å². The van der Waals surface area contributed by atoms with Crippen molar-refractivity contribution in [2.24, 2.45) is 0 Å². The fourth-order valence-electron chi connectivity index (χ4n) is 1.58. The van der Waals surface area contributed by atoms with Crippen molar-refractivity contribution in [2.75, 3.05) is 27.3 Å². The Morgan fingerprint density at radius 3 is 2.76 bits per heavy atom. The van der Waals surface area contributed by atoms with Gasteiger partial charge in [-0.05, 0) is 24.7 Å². The Hall–Kier alpha value is -1.77. The van der Waals surface area contributed by atoms with E-state index in [0.29, 0.717) is 12.3 Å². The third-order valence-corrected chi connectivity index (χ3v) is 2.54. The molecule has 0 heterocycles. The molecule has 0 radical (unpaired) electrons. The molecule has 1 rings (SSSR count). The van der Waals surface area contributed by atoms with Gasteiger partial charge in [0.25, 0.3) is 0 Å². The van der Waals surface area contributed by atoms with Crippen LogP contribution in [0, 0.1) is 11.3 Å². The normalized spacial score (nSPS) is 12.2. The molecule has 0 amide bonds. The fourth-order valence-corrected chi connectivity index (χ4v) is 1.58. The van der Waals surface area contributed by atoms with Gasteiger partial charge in [-0.15, -0.1) is 0 Å². The summed E-state index contributed by atoms with van der Waals surface area (Å²) in [4.78, 5) is 1.73. The molecule has 1 aromatic rings. The van der Waals surface area contributed by atoms with Crippen LogP contribution in [0.1, 0.15) is 11.6 Å². The van der Waals surface area contributed by atoms with E-state index in [-0.39, 0.29) is 12.4 Å². The molecule has 2 N–H and O–H groups in total. The molecule has 5 nitrogen and oxygen atoms in total. The van der Waals surface area contributed by atoms with E-state index in [1.54, 1.807) is 24.1 Å². The van der Waals surface area contributed by atoms with Gasteiger partial charge >= 0.3 is 0 Å². The van der Waals surface area contributed by atoms with E-state index < -0.39 is 6.04 Å². The van der Waals surface area contributed by atoms with Gasteiger partial charge in [0.2, 0.25) is 0 Å². The second-order valence-electron chi connectivity index (χ2n) is 3.67. The number of aliphatic hydroxyl groups is 1. The Morgan fingerprint density at radius 2 is 2.24 bits per heavy atom. The van der Waals surface area contributed by atoms with Crippen LogP contribution < -0.4 is 4.74 Å². The maximum absolute atomic E-state index is 9.47. The molecule has 1 aromatic carbocycles. The Labute approximate surface area is 100 Å². The molecule has 0 bridgehead atoms. The topological polar surface area (TPSA) is 76.7 Å². The lowest BCUT2D eigenvalue weighted by molar-refractivity contribution is 0.202. The van der Waals surface area contributed by atoms with Crippen molar-refractivity contribution in [3.8, 4) is 17.6 Å². The number of aliphatic hydroxyl groups excluding tert-OH is 1. The number of phenolic OH excluding ortho intramolecular Hbond substituents is 1. The van der Waals surface area contributed by atoms with Crippen molar-refractivity contribution in [1.82, 2.24) is 4.90 Å². The summed E-state index contributed by atoms with van der Waals surface area (Å²) in [5.41, 5.74) is 0.720. The van der Waals surface area contributed by atoms with Crippen molar-refractivity contribution in [3.05, 3.63) is 23.8 Å². The van der Waals surface area contributed by atoms with E-state index in [1.165, 1.54) is 13.2 Å². The van der Waals surface area contributed by atoms with Gasteiger partial charge in [0.1, 0.15) is 6.04 Å². The van der Waals surface area contributed by atoms with Crippen LogP contribution in [0.5, 0.6) is 11.5 Å². The molecule has 0 saturated heterocycles. The predicted octanol–water partition coefficient (Wildman–Crippen LogP) is 0.890. The van der Waals surface area contributed by atoms with Crippen molar-refractivity contribution in [3.63, 3.8) is 0 Å². The smallest absolute Gasteiger partial charge is 0.160 e. The number of nitriles is 1. The summed E-state index contributed by atoms with van der Waals surface area (Å²) in [7, 11) is 3.21. The molecule has 0 aliphatic rings. The molecule has 1 atom stereocenters. The molecular weight excluding hydrogens is 220 g/mol. The van der Waals surface area contributed by atoms with Crippen molar-refractivity contribution in [2.45, 2.75) is 6.04 Å². The lowest BCUT2D eigenvalue weighted by atomic mass is 10.1. The second-order valence-corrected chi connectivity index (χ2v) is 3.67. The standard InChI is InChI=1S/C12H16N2O3/c1-14(5-6-15)10(8-13)9-3-4-11(16)12(7-9)17-2/h3-4,7,10,15-16H,5-6H2,1-2H3. The first-order valence-corrected chi connectivity index (χ1v) is 5.21. The van der Waals surface area contributed by atoms with Gasteiger partial charge in [0.15, 0.2) is 11.5 Å². The highest BCUT2D eigenvalue weighted by Crippen LogP contribution is 2.30. The zero-order valence-corrected chi connectivity index (χ0v) is 9.92. The Bertz CT molecular complexity index is 415. The minimum absolute atomic E-state index is 0.0100. The molecule has 0 aromatic heterocycles. The highest BCUT2D eigenvalue weighted by Gasteiger charge is 2.17. The van der Waals surface area contributed by atoms with Gasteiger partial charge in [-0.25, -0.2) is 0 Å². The Kier molecular flexibility index (Phi) is 4.76. The molecule has 0 aliphatic heterocycles. The number of nitrogens with zero attached hydrogens (tertiary/aromatic N) is 2. The van der Waals surface area contributed by atoms with E-state index in [9.17, 15) is 5.11 Å². The number of likely N-dealkylation sites (N-methyl/N-ethyl adjacent to an activating group) is 1. The minimum atomic E-state index is -0.475. The minimum Gasteiger partial charge on any atom is -0.504 e. The summed E-state index contributed by atoms with van der Waals surface area (Å²) < 4.78 is 4.99. The van der Waals surface area contributed by atoms with E-state index in [2.05, 4.69) is 6.07 Å². The van der Waals surface area contributed by atoms with E-state index in [1.807, 2.05) is 0 Å². The van der Waals surface area contributed by atoms with E-state index in [0.717, 1.165) is 5.56 Å². The fraction of sp³-hybridized carbons (Fsp3) is 0.417. The molecule has 17 heavy (non-hydrogen) atoms. The van der Waals surface area contributed by atoms with Gasteiger partial charge in [-0.1, -0.05) is 6.07 Å². The lowest BCUT2D eigenvalue weighted by Crippen LogP contribution is -2.26. The average Bonchev–Trinajstić information content (AvgIpc) is 2.32. The van der Waals surface area contributed by atoms with Crippen LogP contribution in [0.15, 0.2) is 18.2 Å². The number of phenols is 1. The van der Waals surface area contributed by atoms with Crippen LogP contribution in [0.4, 0.5) is 0 Å². The molecular formula is C12H16N2O3. The summed E-state index contributed by atoms with van der Waals surface area (Å²) in [6.45, 7) is 0.394. The SMILES string of the molecule is COc1cc(C(C#N)N(C)CCO)ccc1O. The zero-order valence-electron chi connectivity index (χ0n) is 9.92. The second kappa shape index (κ2) is 6.09. The maximum Gasteiger partial charge on any atom is 0.160 e. The lowest BCUT2D eigenvalue weighted by Gasteiger charge is -2.22. The van der Waals surface area contributed by atoms with E-state index >= 15 is 0 Å². The highest BCUT2D eigenvalue weighted by molar-refractivity contribution is 5.43. The monoisotopic (exact) mass is 236 g/mol. The number of methoxy groups -OCH3 is 1. The molecule has 0 spiro atoms. The number of ether oxygens (including phenoxy) is 1. The van der Waals surface area contributed by atoms with Crippen molar-refractivity contribution in [1.29, 1.82) is 5.26 Å². The van der Waals surface area contributed by atoms with Crippen LogP contribution in [0.2, 0.25) is 0 Å². The number of aromatic hydroxyl groups is 1. The first kappa shape index (κ1) is 13.3. The Balaban J connectivity index is 3.01. The van der Waals surface area contributed by atoms with Crippen LogP contribution in [0.3, 0.4) is 0 Å². The van der Waals surface area contributed by atoms with Gasteiger partial charge in [-0.3, -0.25) is 4.90 Å². The van der Waals surface area contributed by atoms with Gasteiger partial charge in [-0.2, -0.15) is 5.26 Å². The summed E-state index contributed by atoms with van der Waals surface area (Å²) >= 11 is 0. The van der Waals surface area contributed by atoms with Gasteiger partial charge in [0.05, 0.1) is 19.8 Å². The maximum atomic E-state index is 9.47. The number of rotatable bonds is 5. The Morgan fingerprint density at radius 1 is 1.53 bits per heavy atom. The summed E-state index contributed by atoms with van der Waals surface area (Å²) in [5, 5.41) is 27.5. The van der Waals surface area contributed by atoms with Crippen LogP contribution in [-0.4, -0.2) is 42.4 Å². The zero-order chi connectivity index (χ0) is 12.8. The molecule has 0 fully saturated rings.